The van der Waals surface area contributed by atoms with Crippen LogP contribution in [0.25, 0.3) is 81.2 Å². The van der Waals surface area contributed by atoms with Gasteiger partial charge in [-0.3, -0.25) is 4.57 Å². The molecule has 0 saturated heterocycles. The van der Waals surface area contributed by atoms with Gasteiger partial charge in [-0.1, -0.05) is 97.1 Å². The van der Waals surface area contributed by atoms with Crippen molar-refractivity contribution in [1.29, 1.82) is 0 Å². The highest BCUT2D eigenvalue weighted by atomic mass is 32.3. The van der Waals surface area contributed by atoms with Crippen molar-refractivity contribution in [1.82, 2.24) is 14.5 Å². The number of para-hydroxylation sites is 1. The van der Waals surface area contributed by atoms with Crippen molar-refractivity contribution in [3.05, 3.63) is 127 Å². The molecule has 0 saturated carbocycles. The summed E-state index contributed by atoms with van der Waals surface area (Å²) in [6.07, 6.45) is 4.87. The molecule has 1 aliphatic heterocycles. The molecule has 214 valence electrons. The Morgan fingerprint density at radius 3 is 2.24 bits per heavy atom. The largest absolute Gasteiger partial charge is 0.292 e. The van der Waals surface area contributed by atoms with E-state index in [9.17, 15) is 0 Å². The second-order valence-electron chi connectivity index (χ2n) is 12.2. The van der Waals surface area contributed by atoms with E-state index < -0.39 is 10.0 Å². The van der Waals surface area contributed by atoms with E-state index in [1.54, 1.807) is 11.3 Å². The Kier molecular flexibility index (Phi) is 5.09. The molecule has 0 spiro atoms. The zero-order valence-electron chi connectivity index (χ0n) is 24.8. The summed E-state index contributed by atoms with van der Waals surface area (Å²) in [5, 5.41) is 7.28. The van der Waals surface area contributed by atoms with Gasteiger partial charge in [0.25, 0.3) is 0 Å². The number of fused-ring (bicyclic) bond motifs is 11. The summed E-state index contributed by atoms with van der Waals surface area (Å²) >= 11 is 1.74. The van der Waals surface area contributed by atoms with Crippen LogP contribution in [0, 0.1) is 0 Å². The van der Waals surface area contributed by atoms with Crippen molar-refractivity contribution in [2.75, 3.05) is 12.5 Å². The van der Waals surface area contributed by atoms with E-state index in [1.807, 2.05) is 6.07 Å². The Morgan fingerprint density at radius 1 is 0.600 bits per heavy atom. The van der Waals surface area contributed by atoms with Crippen LogP contribution >= 0.6 is 21.4 Å². The first-order valence-electron chi connectivity index (χ1n) is 15.2. The average molecular weight is 614 g/mol. The minimum atomic E-state index is -1.10. The topological polar surface area (TPSA) is 30.7 Å². The van der Waals surface area contributed by atoms with Crippen LogP contribution in [-0.2, 0) is 0 Å². The molecular weight excluding hydrogens is 587 g/mol. The Hall–Kier alpha value is -4.97. The number of hydrogen-bond acceptors (Lipinski definition) is 3. The zero-order valence-corrected chi connectivity index (χ0v) is 26.4. The van der Waals surface area contributed by atoms with Crippen LogP contribution in [-0.4, -0.2) is 27.0 Å². The number of rotatable bonds is 2. The lowest BCUT2D eigenvalue weighted by Crippen LogP contribution is -2.02. The molecule has 6 aromatic carbocycles. The molecule has 3 nitrogen and oxygen atoms in total. The summed E-state index contributed by atoms with van der Waals surface area (Å²) in [5.74, 6) is 1.68. The Bertz CT molecular complexity index is 2680. The minimum Gasteiger partial charge on any atom is -0.292 e. The third-order valence-corrected chi connectivity index (χ3v) is 13.4. The number of benzene rings is 6. The Balaban J connectivity index is 1.40. The third-order valence-electron chi connectivity index (χ3n) is 9.49. The molecule has 0 aliphatic carbocycles. The fourth-order valence-corrected chi connectivity index (χ4v) is 11.0. The van der Waals surface area contributed by atoms with Crippen molar-refractivity contribution in [2.24, 2.45) is 0 Å². The number of aromatic nitrogens is 3. The van der Waals surface area contributed by atoms with E-state index in [1.165, 1.54) is 58.1 Å². The molecule has 45 heavy (non-hydrogen) atoms. The van der Waals surface area contributed by atoms with E-state index in [2.05, 4.69) is 138 Å². The lowest BCUT2D eigenvalue weighted by atomic mass is 9.99. The van der Waals surface area contributed by atoms with Gasteiger partial charge in [0, 0.05) is 41.6 Å². The fraction of sp³-hybridized carbons (Fsp3) is 0.0500. The quantitative estimate of drug-likeness (QED) is 0.194. The van der Waals surface area contributed by atoms with Crippen LogP contribution in [0.2, 0.25) is 0 Å². The third kappa shape index (κ3) is 3.42. The van der Waals surface area contributed by atoms with Crippen LogP contribution in [0.4, 0.5) is 0 Å². The summed E-state index contributed by atoms with van der Waals surface area (Å²) in [4.78, 5) is 14.5. The van der Waals surface area contributed by atoms with Gasteiger partial charge in [0.1, 0.15) is 4.83 Å². The first-order chi connectivity index (χ1) is 22.1. The van der Waals surface area contributed by atoms with Gasteiger partial charge in [-0.2, -0.15) is 10.0 Å². The zero-order chi connectivity index (χ0) is 29.9. The van der Waals surface area contributed by atoms with Crippen LogP contribution in [0.15, 0.2) is 137 Å². The lowest BCUT2D eigenvalue weighted by Gasteiger charge is -2.28. The SMILES string of the molecule is CS1(C)c2ccccc2-c2cc3c(ccc4c5ccccc5n(-c5nc(-c6ccccc6)nc6sc7ccccc7c56)c34)cc21. The molecule has 0 N–H and O–H groups in total. The van der Waals surface area contributed by atoms with Gasteiger partial charge in [0.05, 0.1) is 16.4 Å². The van der Waals surface area contributed by atoms with E-state index in [0.717, 1.165) is 32.9 Å². The summed E-state index contributed by atoms with van der Waals surface area (Å²) in [7, 11) is -1.10. The van der Waals surface area contributed by atoms with Gasteiger partial charge >= 0.3 is 0 Å². The van der Waals surface area contributed by atoms with Gasteiger partial charge in [0.15, 0.2) is 11.6 Å². The molecule has 3 aromatic heterocycles. The smallest absolute Gasteiger partial charge is 0.163 e. The van der Waals surface area contributed by atoms with E-state index >= 15 is 0 Å². The van der Waals surface area contributed by atoms with Crippen molar-refractivity contribution < 1.29 is 0 Å². The molecule has 0 atom stereocenters. The summed E-state index contributed by atoms with van der Waals surface area (Å²) in [5.41, 5.74) is 6.10. The Labute approximate surface area is 265 Å². The molecule has 5 heteroatoms. The highest BCUT2D eigenvalue weighted by Crippen LogP contribution is 2.67. The van der Waals surface area contributed by atoms with Crippen molar-refractivity contribution >= 4 is 74.2 Å². The molecule has 9 aromatic rings. The molecule has 0 radical (unpaired) electrons. The molecule has 0 fully saturated rings. The number of thiophene rings is 1. The average Bonchev–Trinajstić information content (AvgIpc) is 3.70. The van der Waals surface area contributed by atoms with E-state index in [-0.39, 0.29) is 0 Å². The fourth-order valence-electron chi connectivity index (χ4n) is 7.40. The van der Waals surface area contributed by atoms with E-state index in [4.69, 9.17) is 9.97 Å². The van der Waals surface area contributed by atoms with Crippen molar-refractivity contribution in [3.8, 4) is 28.3 Å². The minimum absolute atomic E-state index is 0.746. The predicted octanol–water partition coefficient (Wildman–Crippen LogP) is 11.2. The second-order valence-corrected chi connectivity index (χ2v) is 16.8. The van der Waals surface area contributed by atoms with Crippen molar-refractivity contribution in [2.45, 2.75) is 9.79 Å². The molecule has 0 amide bonds. The predicted molar refractivity (Wildman–Crippen MR) is 194 cm³/mol. The van der Waals surface area contributed by atoms with Crippen molar-refractivity contribution in [3.63, 3.8) is 0 Å². The maximum atomic E-state index is 5.44. The first kappa shape index (κ1) is 25.4. The second kappa shape index (κ2) is 9.04. The van der Waals surface area contributed by atoms with Gasteiger partial charge < -0.3 is 0 Å². The van der Waals surface area contributed by atoms with Crippen LogP contribution < -0.4 is 0 Å². The highest BCUT2D eigenvalue weighted by Gasteiger charge is 2.32. The van der Waals surface area contributed by atoms with Gasteiger partial charge in [-0.15, -0.1) is 11.3 Å². The number of hydrogen-bond donors (Lipinski definition) is 0. The standard InChI is InChI=1S/C40H27N3S2/c1-45(2)34-19-11-8-15-27(34)31-23-30-25(22-35(31)45)20-21-28-26-14-6-9-17-32(26)43(37(28)30)39-36-29-16-7-10-18-33(29)44-40(36)42-38(41-39)24-12-4-3-5-13-24/h3-23H,1-2H3. The maximum Gasteiger partial charge on any atom is 0.163 e. The molecule has 10 rings (SSSR count). The maximum absolute atomic E-state index is 5.44. The summed E-state index contributed by atoms with van der Waals surface area (Å²) < 4.78 is 3.65. The summed E-state index contributed by atoms with van der Waals surface area (Å²) in [6, 6.07) is 46.3. The summed E-state index contributed by atoms with van der Waals surface area (Å²) in [6.45, 7) is 0. The molecule has 1 aliphatic rings. The van der Waals surface area contributed by atoms with Crippen LogP contribution in [0.5, 0.6) is 0 Å². The van der Waals surface area contributed by atoms with E-state index in [0.29, 0.717) is 0 Å². The van der Waals surface area contributed by atoms with Gasteiger partial charge in [-0.25, -0.2) is 9.97 Å². The molecule has 0 bridgehead atoms. The normalized spacial score (nSPS) is 14.4. The van der Waals surface area contributed by atoms with Gasteiger partial charge in [-0.05, 0) is 59.4 Å². The molecule has 0 unspecified atom stereocenters. The van der Waals surface area contributed by atoms with Crippen LogP contribution in [0.1, 0.15) is 0 Å². The Morgan fingerprint density at radius 2 is 1.36 bits per heavy atom. The molecular formula is C40H27N3S2. The monoisotopic (exact) mass is 613 g/mol. The highest BCUT2D eigenvalue weighted by molar-refractivity contribution is 8.33. The van der Waals surface area contributed by atoms with Crippen LogP contribution in [0.3, 0.4) is 0 Å². The number of nitrogens with zero attached hydrogens (tertiary/aromatic N) is 3. The van der Waals surface area contributed by atoms with Gasteiger partial charge in [0.2, 0.25) is 0 Å². The molecule has 4 heterocycles. The lowest BCUT2D eigenvalue weighted by molar-refractivity contribution is 1.08. The first-order valence-corrected chi connectivity index (χ1v) is 18.4.